The van der Waals surface area contributed by atoms with Gasteiger partial charge in [-0.3, -0.25) is 4.79 Å². The van der Waals surface area contributed by atoms with E-state index in [1.54, 1.807) is 0 Å². The molecule has 74 valence electrons. The summed E-state index contributed by atoms with van der Waals surface area (Å²) in [7, 11) is 0. The van der Waals surface area contributed by atoms with Crippen molar-refractivity contribution in [2.75, 3.05) is 0 Å². The molecule has 0 unspecified atom stereocenters. The molecule has 0 aliphatic carbocycles. The van der Waals surface area contributed by atoms with Gasteiger partial charge in [0.2, 0.25) is 5.91 Å². The molecule has 1 rings (SSSR count). The maximum atomic E-state index is 10.7. The first kappa shape index (κ1) is 10.4. The zero-order valence-electron chi connectivity index (χ0n) is 8.45. The Hall–Kier alpha value is -1.64. The molecule has 14 heavy (non-hydrogen) atoms. The molecule has 0 saturated heterocycles. The average molecular weight is 190 g/mol. The Morgan fingerprint density at radius 3 is 2.50 bits per heavy atom. The largest absolute Gasteiger partial charge is 0.274 e. The number of benzene rings is 1. The summed E-state index contributed by atoms with van der Waals surface area (Å²) in [5.41, 5.74) is 4.38. The maximum absolute atomic E-state index is 10.7. The first-order chi connectivity index (χ1) is 6.74. The van der Waals surface area contributed by atoms with Crippen LogP contribution >= 0.6 is 0 Å². The van der Waals surface area contributed by atoms with Gasteiger partial charge in [0.1, 0.15) is 0 Å². The summed E-state index contributed by atoms with van der Waals surface area (Å²) in [5.74, 6) is -0.146. The van der Waals surface area contributed by atoms with E-state index in [2.05, 4.69) is 10.5 Å². The van der Waals surface area contributed by atoms with Gasteiger partial charge in [0.25, 0.3) is 0 Å². The van der Waals surface area contributed by atoms with E-state index >= 15 is 0 Å². The van der Waals surface area contributed by atoms with Gasteiger partial charge in [0.05, 0.1) is 5.71 Å². The van der Waals surface area contributed by atoms with Crippen LogP contribution in [-0.2, 0) is 4.79 Å². The van der Waals surface area contributed by atoms with Crippen LogP contribution < -0.4 is 5.43 Å². The van der Waals surface area contributed by atoms with Gasteiger partial charge in [0.15, 0.2) is 0 Å². The van der Waals surface area contributed by atoms with E-state index in [-0.39, 0.29) is 5.91 Å². The summed E-state index contributed by atoms with van der Waals surface area (Å²) >= 11 is 0. The number of hydrogen-bond acceptors (Lipinski definition) is 2. The zero-order valence-corrected chi connectivity index (χ0v) is 8.45. The quantitative estimate of drug-likeness (QED) is 0.574. The van der Waals surface area contributed by atoms with E-state index in [0.29, 0.717) is 0 Å². The van der Waals surface area contributed by atoms with E-state index in [0.717, 1.165) is 17.7 Å². The molecule has 0 aliphatic heterocycles. The lowest BCUT2D eigenvalue weighted by atomic mass is 10.1. The van der Waals surface area contributed by atoms with Crippen LogP contribution in [0.15, 0.2) is 35.4 Å². The van der Waals surface area contributed by atoms with Crippen LogP contribution in [0.4, 0.5) is 0 Å². The van der Waals surface area contributed by atoms with Crippen molar-refractivity contribution in [3.63, 3.8) is 0 Å². The van der Waals surface area contributed by atoms with Crippen LogP contribution in [0.1, 0.15) is 25.8 Å². The summed E-state index contributed by atoms with van der Waals surface area (Å²) in [5, 5.41) is 4.03. The molecule has 1 N–H and O–H groups in total. The van der Waals surface area contributed by atoms with Crippen molar-refractivity contribution in [1.82, 2.24) is 5.43 Å². The number of hydrazone groups is 1. The second-order valence-corrected chi connectivity index (χ2v) is 2.95. The molecule has 1 aromatic carbocycles. The van der Waals surface area contributed by atoms with Crippen molar-refractivity contribution in [2.45, 2.75) is 20.3 Å². The predicted octanol–water partition coefficient (Wildman–Crippen LogP) is 1.94. The van der Waals surface area contributed by atoms with Crippen LogP contribution in [-0.4, -0.2) is 11.6 Å². The normalized spacial score (nSPS) is 11.1. The molecule has 0 aliphatic rings. The molecule has 0 bridgehead atoms. The molecule has 3 nitrogen and oxygen atoms in total. The van der Waals surface area contributed by atoms with Gasteiger partial charge in [-0.1, -0.05) is 37.3 Å². The molecule has 0 spiro atoms. The van der Waals surface area contributed by atoms with Crippen LogP contribution in [0, 0.1) is 0 Å². The standard InChI is InChI=1S/C11H14N2O/c1-3-11(13-12-9(2)14)10-7-5-4-6-8-10/h4-8H,3H2,1-2H3,(H,12,14)/b13-11+. The fourth-order valence-electron chi connectivity index (χ4n) is 1.12. The second-order valence-electron chi connectivity index (χ2n) is 2.95. The monoisotopic (exact) mass is 190 g/mol. The van der Waals surface area contributed by atoms with Crippen molar-refractivity contribution in [2.24, 2.45) is 5.10 Å². The number of nitrogens with zero attached hydrogens (tertiary/aromatic N) is 1. The smallest absolute Gasteiger partial charge is 0.236 e. The van der Waals surface area contributed by atoms with Crippen LogP contribution in [0.2, 0.25) is 0 Å². The summed E-state index contributed by atoms with van der Waals surface area (Å²) < 4.78 is 0. The minimum Gasteiger partial charge on any atom is -0.274 e. The van der Waals surface area contributed by atoms with Crippen molar-refractivity contribution >= 4 is 11.6 Å². The first-order valence-electron chi connectivity index (χ1n) is 4.62. The predicted molar refractivity (Wildman–Crippen MR) is 57.1 cm³/mol. The van der Waals surface area contributed by atoms with Crippen molar-refractivity contribution in [1.29, 1.82) is 0 Å². The zero-order chi connectivity index (χ0) is 10.4. The van der Waals surface area contributed by atoms with Gasteiger partial charge in [-0.05, 0) is 12.0 Å². The van der Waals surface area contributed by atoms with Crippen LogP contribution in [0.5, 0.6) is 0 Å². The number of hydrogen-bond donors (Lipinski definition) is 1. The molecule has 0 radical (unpaired) electrons. The van der Waals surface area contributed by atoms with Gasteiger partial charge in [-0.25, -0.2) is 5.43 Å². The van der Waals surface area contributed by atoms with E-state index in [1.165, 1.54) is 6.92 Å². The van der Waals surface area contributed by atoms with Crippen molar-refractivity contribution < 1.29 is 4.79 Å². The van der Waals surface area contributed by atoms with E-state index in [4.69, 9.17) is 0 Å². The van der Waals surface area contributed by atoms with E-state index in [9.17, 15) is 4.79 Å². The molecule has 1 aromatic rings. The van der Waals surface area contributed by atoms with Gasteiger partial charge in [0, 0.05) is 6.92 Å². The highest BCUT2D eigenvalue weighted by atomic mass is 16.2. The Morgan fingerprint density at radius 1 is 1.36 bits per heavy atom. The third-order valence-corrected chi connectivity index (χ3v) is 1.79. The fourth-order valence-corrected chi connectivity index (χ4v) is 1.12. The Labute approximate surface area is 83.8 Å². The number of nitrogens with one attached hydrogen (secondary N) is 1. The van der Waals surface area contributed by atoms with Crippen molar-refractivity contribution in [3.05, 3.63) is 35.9 Å². The summed E-state index contributed by atoms with van der Waals surface area (Å²) in [6.07, 6.45) is 0.796. The van der Waals surface area contributed by atoms with Crippen molar-refractivity contribution in [3.8, 4) is 0 Å². The summed E-state index contributed by atoms with van der Waals surface area (Å²) in [6, 6.07) is 9.81. The summed E-state index contributed by atoms with van der Waals surface area (Å²) in [6.45, 7) is 3.45. The highest BCUT2D eigenvalue weighted by molar-refractivity contribution is 6.00. The van der Waals surface area contributed by atoms with Crippen LogP contribution in [0.25, 0.3) is 0 Å². The molecular weight excluding hydrogens is 176 g/mol. The molecule has 1 amide bonds. The molecule has 0 atom stereocenters. The lowest BCUT2D eigenvalue weighted by Gasteiger charge is -2.03. The first-order valence-corrected chi connectivity index (χ1v) is 4.62. The Morgan fingerprint density at radius 2 is 2.00 bits per heavy atom. The fraction of sp³-hybridized carbons (Fsp3) is 0.273. The van der Waals surface area contributed by atoms with Crippen LogP contribution in [0.3, 0.4) is 0 Å². The average Bonchev–Trinajstić information content (AvgIpc) is 2.20. The third-order valence-electron chi connectivity index (χ3n) is 1.79. The molecule has 0 fully saturated rings. The molecule has 0 saturated carbocycles. The van der Waals surface area contributed by atoms with Gasteiger partial charge in [-0.15, -0.1) is 0 Å². The molecule has 0 heterocycles. The van der Waals surface area contributed by atoms with Gasteiger partial charge in [-0.2, -0.15) is 5.10 Å². The minimum absolute atomic E-state index is 0.146. The van der Waals surface area contributed by atoms with E-state index < -0.39 is 0 Å². The highest BCUT2D eigenvalue weighted by Gasteiger charge is 1.99. The SMILES string of the molecule is CC/C(=N\NC(C)=O)c1ccccc1. The number of amides is 1. The van der Waals surface area contributed by atoms with Gasteiger partial charge < -0.3 is 0 Å². The minimum atomic E-state index is -0.146. The Kier molecular flexibility index (Phi) is 3.85. The highest BCUT2D eigenvalue weighted by Crippen LogP contribution is 2.03. The Bertz CT molecular complexity index is 330. The Balaban J connectivity index is 2.82. The third kappa shape index (κ3) is 3.01. The topological polar surface area (TPSA) is 41.5 Å². The lowest BCUT2D eigenvalue weighted by Crippen LogP contribution is -2.16. The second kappa shape index (κ2) is 5.17. The maximum Gasteiger partial charge on any atom is 0.236 e. The molecule has 3 heteroatoms. The molecule has 0 aromatic heterocycles. The molecular formula is C11H14N2O. The van der Waals surface area contributed by atoms with Gasteiger partial charge >= 0.3 is 0 Å². The number of carbonyl (C=O) groups is 1. The number of carbonyl (C=O) groups excluding carboxylic acids is 1. The van der Waals surface area contributed by atoms with E-state index in [1.807, 2.05) is 37.3 Å². The number of rotatable bonds is 3. The lowest BCUT2D eigenvalue weighted by molar-refractivity contribution is -0.118. The summed E-state index contributed by atoms with van der Waals surface area (Å²) in [4.78, 5) is 10.7.